The first-order chi connectivity index (χ1) is 8.72. The van der Waals surface area contributed by atoms with E-state index in [2.05, 4.69) is 9.80 Å². The van der Waals surface area contributed by atoms with Gasteiger partial charge < -0.3 is 14.7 Å². The van der Waals surface area contributed by atoms with Crippen molar-refractivity contribution in [3.05, 3.63) is 0 Å². The molecule has 0 aliphatic carbocycles. The topological polar surface area (TPSA) is 53.0 Å². The molecule has 0 spiro atoms. The van der Waals surface area contributed by atoms with Gasteiger partial charge in [-0.2, -0.15) is 0 Å². The van der Waals surface area contributed by atoms with Crippen LogP contribution in [0.2, 0.25) is 0 Å². The second kappa shape index (κ2) is 4.79. The van der Waals surface area contributed by atoms with Gasteiger partial charge in [0, 0.05) is 25.7 Å². The smallest absolute Gasteiger partial charge is 0.324 e. The summed E-state index contributed by atoms with van der Waals surface area (Å²) in [4.78, 5) is 16.5. The third-order valence-corrected chi connectivity index (χ3v) is 4.90. The molecular weight excluding hydrogens is 232 g/mol. The predicted octanol–water partition coefficient (Wildman–Crippen LogP) is 0.400. The number of carboxylic acids is 1. The number of nitrogens with zero attached hydrogens (tertiary/aromatic N) is 2. The molecule has 0 bridgehead atoms. The minimum absolute atomic E-state index is 0.484. The Labute approximate surface area is 108 Å². The van der Waals surface area contributed by atoms with Crippen LogP contribution in [0.5, 0.6) is 0 Å². The zero-order valence-electron chi connectivity index (χ0n) is 10.8. The first-order valence-electron chi connectivity index (χ1n) is 7.03. The molecule has 3 heterocycles. The van der Waals surface area contributed by atoms with Gasteiger partial charge in [0.05, 0.1) is 13.2 Å². The van der Waals surface area contributed by atoms with E-state index in [4.69, 9.17) is 4.74 Å². The monoisotopic (exact) mass is 254 g/mol. The highest BCUT2D eigenvalue weighted by Crippen LogP contribution is 2.37. The molecule has 0 radical (unpaired) electrons. The zero-order valence-corrected chi connectivity index (χ0v) is 10.8. The molecule has 2 unspecified atom stereocenters. The van der Waals surface area contributed by atoms with Gasteiger partial charge in [0.15, 0.2) is 0 Å². The summed E-state index contributed by atoms with van der Waals surface area (Å²) in [5.74, 6) is -0.629. The normalized spacial score (nSPS) is 38.6. The minimum Gasteiger partial charge on any atom is -0.480 e. The van der Waals surface area contributed by atoms with Crippen LogP contribution in [0.1, 0.15) is 25.7 Å². The van der Waals surface area contributed by atoms with Gasteiger partial charge in [-0.15, -0.1) is 0 Å². The van der Waals surface area contributed by atoms with Gasteiger partial charge in [0.25, 0.3) is 0 Å². The van der Waals surface area contributed by atoms with Gasteiger partial charge in [0.1, 0.15) is 5.54 Å². The van der Waals surface area contributed by atoms with Crippen molar-refractivity contribution in [3.8, 4) is 0 Å². The Morgan fingerprint density at radius 1 is 1.22 bits per heavy atom. The Balaban J connectivity index is 1.80. The fraction of sp³-hybridized carbons (Fsp3) is 0.923. The van der Waals surface area contributed by atoms with Gasteiger partial charge in [-0.3, -0.25) is 9.69 Å². The van der Waals surface area contributed by atoms with Crippen LogP contribution in [0.25, 0.3) is 0 Å². The van der Waals surface area contributed by atoms with Crippen molar-refractivity contribution in [2.45, 2.75) is 37.3 Å². The molecule has 102 valence electrons. The number of hydrogen-bond acceptors (Lipinski definition) is 4. The number of hydrogen-bond donors (Lipinski definition) is 1. The number of ether oxygens (including phenoxy) is 1. The molecule has 3 fully saturated rings. The maximum atomic E-state index is 11.9. The standard InChI is InChI=1S/C13H22N2O3/c16-12(17)13(15-6-8-18-9-7-15)3-5-14-4-1-2-11(14)10-13/h11H,1-10H2,(H,16,17). The molecular formula is C13H22N2O3. The average molecular weight is 254 g/mol. The lowest BCUT2D eigenvalue weighted by atomic mass is 9.81. The van der Waals surface area contributed by atoms with Crippen LogP contribution < -0.4 is 0 Å². The molecule has 1 N–H and O–H groups in total. The van der Waals surface area contributed by atoms with Crippen LogP contribution in [-0.2, 0) is 9.53 Å². The summed E-state index contributed by atoms with van der Waals surface area (Å²) in [6, 6.07) is 0.484. The SMILES string of the molecule is O=C(O)C1(N2CCOCC2)CCN2CCCC2C1. The largest absolute Gasteiger partial charge is 0.480 e. The first-order valence-corrected chi connectivity index (χ1v) is 7.03. The number of aliphatic carboxylic acids is 1. The van der Waals surface area contributed by atoms with E-state index in [0.29, 0.717) is 19.3 Å². The van der Waals surface area contributed by atoms with Crippen molar-refractivity contribution < 1.29 is 14.6 Å². The van der Waals surface area contributed by atoms with Crippen LogP contribution in [-0.4, -0.2) is 71.8 Å². The molecule has 0 aromatic carbocycles. The molecule has 0 amide bonds. The number of carboxylic acid groups (broad SMARTS) is 1. The lowest BCUT2D eigenvalue weighted by molar-refractivity contribution is -0.160. The summed E-state index contributed by atoms with van der Waals surface area (Å²) < 4.78 is 5.36. The Morgan fingerprint density at radius 2 is 2.00 bits per heavy atom. The lowest BCUT2D eigenvalue weighted by Crippen LogP contribution is -2.63. The van der Waals surface area contributed by atoms with E-state index in [1.54, 1.807) is 0 Å². The van der Waals surface area contributed by atoms with Gasteiger partial charge >= 0.3 is 5.97 Å². The third kappa shape index (κ3) is 1.94. The summed E-state index contributed by atoms with van der Waals surface area (Å²) in [7, 11) is 0. The average Bonchev–Trinajstić information content (AvgIpc) is 2.86. The lowest BCUT2D eigenvalue weighted by Gasteiger charge is -2.48. The molecule has 5 nitrogen and oxygen atoms in total. The van der Waals surface area contributed by atoms with Crippen molar-refractivity contribution in [1.29, 1.82) is 0 Å². The van der Waals surface area contributed by atoms with E-state index in [1.165, 1.54) is 12.8 Å². The van der Waals surface area contributed by atoms with E-state index in [9.17, 15) is 9.90 Å². The quantitative estimate of drug-likeness (QED) is 0.773. The van der Waals surface area contributed by atoms with Crippen LogP contribution in [0, 0.1) is 0 Å². The second-order valence-corrected chi connectivity index (χ2v) is 5.72. The molecule has 3 saturated heterocycles. The zero-order chi connectivity index (χ0) is 12.6. The van der Waals surface area contributed by atoms with Gasteiger partial charge in [-0.05, 0) is 32.2 Å². The summed E-state index contributed by atoms with van der Waals surface area (Å²) in [6.45, 7) is 4.96. The minimum atomic E-state index is -0.630. The van der Waals surface area contributed by atoms with Crippen molar-refractivity contribution in [2.24, 2.45) is 0 Å². The van der Waals surface area contributed by atoms with Crippen molar-refractivity contribution in [2.75, 3.05) is 39.4 Å². The van der Waals surface area contributed by atoms with E-state index >= 15 is 0 Å². The maximum absolute atomic E-state index is 11.9. The van der Waals surface area contributed by atoms with E-state index in [0.717, 1.165) is 39.0 Å². The molecule has 18 heavy (non-hydrogen) atoms. The van der Waals surface area contributed by atoms with E-state index in [-0.39, 0.29) is 0 Å². The van der Waals surface area contributed by atoms with Gasteiger partial charge in [-0.25, -0.2) is 0 Å². The van der Waals surface area contributed by atoms with Crippen molar-refractivity contribution in [3.63, 3.8) is 0 Å². The second-order valence-electron chi connectivity index (χ2n) is 5.72. The fourth-order valence-electron chi connectivity index (χ4n) is 3.85. The highest BCUT2D eigenvalue weighted by Gasteiger charge is 2.50. The third-order valence-electron chi connectivity index (χ3n) is 4.90. The number of fused-ring (bicyclic) bond motifs is 1. The van der Waals surface area contributed by atoms with Crippen LogP contribution in [0.4, 0.5) is 0 Å². The Morgan fingerprint density at radius 3 is 2.72 bits per heavy atom. The molecule has 2 atom stereocenters. The maximum Gasteiger partial charge on any atom is 0.324 e. The van der Waals surface area contributed by atoms with Crippen molar-refractivity contribution >= 4 is 5.97 Å². The van der Waals surface area contributed by atoms with Crippen LogP contribution in [0.3, 0.4) is 0 Å². The number of piperidine rings is 1. The van der Waals surface area contributed by atoms with Crippen LogP contribution in [0.15, 0.2) is 0 Å². The van der Waals surface area contributed by atoms with E-state index in [1.807, 2.05) is 0 Å². The predicted molar refractivity (Wildman–Crippen MR) is 66.6 cm³/mol. The van der Waals surface area contributed by atoms with Gasteiger partial charge in [0.2, 0.25) is 0 Å². The Hall–Kier alpha value is -0.650. The number of morpholine rings is 1. The molecule has 3 rings (SSSR count). The van der Waals surface area contributed by atoms with Crippen LogP contribution >= 0.6 is 0 Å². The number of carbonyl (C=O) groups is 1. The summed E-state index contributed by atoms with van der Waals surface area (Å²) >= 11 is 0. The summed E-state index contributed by atoms with van der Waals surface area (Å²) in [5.41, 5.74) is -0.630. The molecule has 0 aromatic heterocycles. The molecule has 3 aliphatic rings. The van der Waals surface area contributed by atoms with Crippen molar-refractivity contribution in [1.82, 2.24) is 9.80 Å². The Kier molecular flexibility index (Phi) is 3.30. The molecule has 0 aromatic rings. The highest BCUT2D eigenvalue weighted by atomic mass is 16.5. The molecule has 5 heteroatoms. The first kappa shape index (κ1) is 12.4. The summed E-state index contributed by atoms with van der Waals surface area (Å²) in [6.07, 6.45) is 3.95. The Bertz CT molecular complexity index is 330. The number of rotatable bonds is 2. The van der Waals surface area contributed by atoms with Gasteiger partial charge in [-0.1, -0.05) is 0 Å². The molecule has 0 saturated carbocycles. The molecule has 3 aliphatic heterocycles. The summed E-state index contributed by atoms with van der Waals surface area (Å²) in [5, 5.41) is 9.76. The fourth-order valence-corrected chi connectivity index (χ4v) is 3.85. The van der Waals surface area contributed by atoms with E-state index < -0.39 is 11.5 Å². The highest BCUT2D eigenvalue weighted by molar-refractivity contribution is 5.79.